The molecule has 3 aromatic rings. The second-order valence-electron chi connectivity index (χ2n) is 7.25. The molecule has 158 valence electrons. The second-order valence-corrected chi connectivity index (χ2v) is 7.25. The van der Waals surface area contributed by atoms with Crippen LogP contribution in [0.25, 0.3) is 0 Å². The highest BCUT2D eigenvalue weighted by Crippen LogP contribution is 2.27. The van der Waals surface area contributed by atoms with Crippen LogP contribution in [-0.4, -0.2) is 24.7 Å². The summed E-state index contributed by atoms with van der Waals surface area (Å²) in [7, 11) is 1.57. The van der Waals surface area contributed by atoms with E-state index in [0.29, 0.717) is 23.2 Å². The molecule has 1 unspecified atom stereocenters. The molecule has 30 heavy (non-hydrogen) atoms. The van der Waals surface area contributed by atoms with Crippen molar-refractivity contribution in [3.05, 3.63) is 83.3 Å². The average Bonchev–Trinajstić information content (AvgIpc) is 3.25. The molecule has 1 aromatic heterocycles. The SMILES string of the molecule is COc1ccccc1OCc1ccc(C(=O)NCC(O)c2ccc(C(C)C)cc2)o1. The number of aliphatic hydroxyl groups is 1. The van der Waals surface area contributed by atoms with Crippen molar-refractivity contribution in [1.29, 1.82) is 0 Å². The smallest absolute Gasteiger partial charge is 0.287 e. The van der Waals surface area contributed by atoms with Crippen LogP contribution in [0.5, 0.6) is 11.5 Å². The summed E-state index contributed by atoms with van der Waals surface area (Å²) in [6, 6.07) is 18.3. The van der Waals surface area contributed by atoms with Crippen molar-refractivity contribution in [3.8, 4) is 11.5 Å². The molecule has 0 fully saturated rings. The molecule has 0 saturated heterocycles. The fourth-order valence-electron chi connectivity index (χ4n) is 2.96. The molecule has 6 nitrogen and oxygen atoms in total. The number of nitrogens with one attached hydrogen (secondary N) is 1. The first kappa shape index (κ1) is 21.5. The molecule has 0 spiro atoms. The van der Waals surface area contributed by atoms with Crippen LogP contribution in [0.4, 0.5) is 0 Å². The van der Waals surface area contributed by atoms with E-state index in [1.807, 2.05) is 36.4 Å². The number of methoxy groups -OCH3 is 1. The van der Waals surface area contributed by atoms with Crippen LogP contribution in [-0.2, 0) is 6.61 Å². The zero-order valence-electron chi connectivity index (χ0n) is 17.4. The molecule has 0 radical (unpaired) electrons. The van der Waals surface area contributed by atoms with Gasteiger partial charge in [-0.2, -0.15) is 0 Å². The van der Waals surface area contributed by atoms with Crippen molar-refractivity contribution in [3.63, 3.8) is 0 Å². The highest BCUT2D eigenvalue weighted by atomic mass is 16.5. The number of ether oxygens (including phenoxy) is 2. The van der Waals surface area contributed by atoms with Crippen molar-refractivity contribution >= 4 is 5.91 Å². The normalized spacial score (nSPS) is 11.9. The maximum Gasteiger partial charge on any atom is 0.287 e. The molecule has 3 rings (SSSR count). The van der Waals surface area contributed by atoms with E-state index in [2.05, 4.69) is 19.2 Å². The number of hydrogen-bond acceptors (Lipinski definition) is 5. The van der Waals surface area contributed by atoms with Crippen LogP contribution < -0.4 is 14.8 Å². The Bertz CT molecular complexity index is 962. The zero-order valence-corrected chi connectivity index (χ0v) is 17.4. The van der Waals surface area contributed by atoms with Gasteiger partial charge in [-0.25, -0.2) is 0 Å². The van der Waals surface area contributed by atoms with Gasteiger partial charge in [0.2, 0.25) is 0 Å². The Morgan fingerprint density at radius 2 is 1.67 bits per heavy atom. The Morgan fingerprint density at radius 1 is 1.00 bits per heavy atom. The van der Waals surface area contributed by atoms with Crippen molar-refractivity contribution < 1.29 is 23.8 Å². The highest BCUT2D eigenvalue weighted by Gasteiger charge is 2.15. The number of rotatable bonds is 9. The van der Waals surface area contributed by atoms with E-state index in [1.165, 1.54) is 5.56 Å². The molecule has 6 heteroatoms. The molecule has 1 amide bonds. The molecule has 0 aliphatic rings. The van der Waals surface area contributed by atoms with E-state index in [9.17, 15) is 9.90 Å². The fraction of sp³-hybridized carbons (Fsp3) is 0.292. The van der Waals surface area contributed by atoms with E-state index in [1.54, 1.807) is 31.4 Å². The largest absolute Gasteiger partial charge is 0.493 e. The topological polar surface area (TPSA) is 80.9 Å². The van der Waals surface area contributed by atoms with Crippen LogP contribution >= 0.6 is 0 Å². The molecule has 0 aliphatic carbocycles. The van der Waals surface area contributed by atoms with Crippen molar-refractivity contribution in [2.24, 2.45) is 0 Å². The number of furan rings is 1. The van der Waals surface area contributed by atoms with Crippen molar-refractivity contribution in [1.82, 2.24) is 5.32 Å². The van der Waals surface area contributed by atoms with Gasteiger partial charge in [0.15, 0.2) is 17.3 Å². The Balaban J connectivity index is 1.52. The van der Waals surface area contributed by atoms with E-state index >= 15 is 0 Å². The van der Waals surface area contributed by atoms with Crippen LogP contribution in [0, 0.1) is 0 Å². The first-order chi connectivity index (χ1) is 14.5. The molecule has 0 aliphatic heterocycles. The second kappa shape index (κ2) is 9.98. The van der Waals surface area contributed by atoms with Gasteiger partial charge in [0.05, 0.1) is 13.2 Å². The Kier molecular flexibility index (Phi) is 7.14. The Labute approximate surface area is 176 Å². The van der Waals surface area contributed by atoms with E-state index < -0.39 is 12.0 Å². The molecule has 0 bridgehead atoms. The summed E-state index contributed by atoms with van der Waals surface area (Å²) >= 11 is 0. The lowest BCUT2D eigenvalue weighted by Gasteiger charge is -2.13. The molecular weight excluding hydrogens is 382 g/mol. The lowest BCUT2D eigenvalue weighted by Crippen LogP contribution is -2.28. The summed E-state index contributed by atoms with van der Waals surface area (Å²) in [6.07, 6.45) is -0.793. The van der Waals surface area contributed by atoms with Crippen molar-refractivity contribution in [2.45, 2.75) is 32.5 Å². The van der Waals surface area contributed by atoms with E-state index in [0.717, 1.165) is 5.56 Å². The van der Waals surface area contributed by atoms with Gasteiger partial charge in [-0.1, -0.05) is 50.2 Å². The monoisotopic (exact) mass is 409 g/mol. The maximum atomic E-state index is 12.3. The van der Waals surface area contributed by atoms with E-state index in [-0.39, 0.29) is 18.9 Å². The van der Waals surface area contributed by atoms with Crippen molar-refractivity contribution in [2.75, 3.05) is 13.7 Å². The lowest BCUT2D eigenvalue weighted by atomic mass is 10.00. The van der Waals surface area contributed by atoms with Gasteiger partial charge in [0, 0.05) is 6.54 Å². The van der Waals surface area contributed by atoms with Crippen LogP contribution in [0.2, 0.25) is 0 Å². The minimum absolute atomic E-state index is 0.0909. The summed E-state index contributed by atoms with van der Waals surface area (Å²) in [4.78, 5) is 12.3. The summed E-state index contributed by atoms with van der Waals surface area (Å²) in [6.45, 7) is 4.49. The van der Waals surface area contributed by atoms with Gasteiger partial charge in [0.1, 0.15) is 12.4 Å². The molecular formula is C24H27NO5. The first-order valence-electron chi connectivity index (χ1n) is 9.88. The predicted molar refractivity (Wildman–Crippen MR) is 114 cm³/mol. The average molecular weight is 409 g/mol. The third-order valence-corrected chi connectivity index (χ3v) is 4.77. The van der Waals surface area contributed by atoms with Gasteiger partial charge < -0.3 is 24.3 Å². The molecule has 1 heterocycles. The maximum absolute atomic E-state index is 12.3. The highest BCUT2D eigenvalue weighted by molar-refractivity contribution is 5.91. The van der Waals surface area contributed by atoms with Crippen LogP contribution in [0.3, 0.4) is 0 Å². The molecule has 0 saturated carbocycles. The number of amides is 1. The number of hydrogen-bond donors (Lipinski definition) is 2. The number of para-hydroxylation sites is 2. The quantitative estimate of drug-likeness (QED) is 0.546. The summed E-state index contributed by atoms with van der Waals surface area (Å²) in [5.41, 5.74) is 1.96. The fourth-order valence-corrected chi connectivity index (χ4v) is 2.96. The summed E-state index contributed by atoms with van der Waals surface area (Å²) in [5, 5.41) is 13.0. The Morgan fingerprint density at radius 3 is 2.33 bits per heavy atom. The standard InChI is InChI=1S/C24H27NO5/c1-16(2)17-8-10-18(11-9-17)20(26)14-25-24(27)23-13-12-19(30-23)15-29-22-7-5-4-6-21(22)28-3/h4-13,16,20,26H,14-15H2,1-3H3,(H,25,27). The van der Waals surface area contributed by atoms with Crippen LogP contribution in [0.1, 0.15) is 53.3 Å². The van der Waals surface area contributed by atoms with Gasteiger partial charge >= 0.3 is 0 Å². The molecule has 2 aromatic carbocycles. The van der Waals surface area contributed by atoms with Crippen LogP contribution in [0.15, 0.2) is 65.1 Å². The van der Waals surface area contributed by atoms with Gasteiger partial charge in [-0.05, 0) is 41.3 Å². The van der Waals surface area contributed by atoms with Gasteiger partial charge in [-0.3, -0.25) is 4.79 Å². The number of benzene rings is 2. The molecule has 1 atom stereocenters. The predicted octanol–water partition coefficient (Wildman–Crippen LogP) is 4.45. The minimum atomic E-state index is -0.793. The van der Waals surface area contributed by atoms with Gasteiger partial charge in [0.25, 0.3) is 5.91 Å². The zero-order chi connectivity index (χ0) is 21.5. The number of carbonyl (C=O) groups excluding carboxylic acids is 1. The Hall–Kier alpha value is -3.25. The minimum Gasteiger partial charge on any atom is -0.493 e. The summed E-state index contributed by atoms with van der Waals surface area (Å²) < 4.78 is 16.5. The third kappa shape index (κ3) is 5.42. The molecule has 2 N–H and O–H groups in total. The number of aliphatic hydroxyl groups excluding tert-OH is 1. The van der Waals surface area contributed by atoms with E-state index in [4.69, 9.17) is 13.9 Å². The first-order valence-corrected chi connectivity index (χ1v) is 9.88. The lowest BCUT2D eigenvalue weighted by molar-refractivity contribution is 0.0885. The summed E-state index contributed by atoms with van der Waals surface area (Å²) in [5.74, 6) is 1.92. The third-order valence-electron chi connectivity index (χ3n) is 4.77. The number of carbonyl (C=O) groups is 1. The van der Waals surface area contributed by atoms with Gasteiger partial charge in [-0.15, -0.1) is 0 Å².